The van der Waals surface area contributed by atoms with E-state index in [9.17, 15) is 5.11 Å². The number of ether oxygens (including phenoxy) is 1. The predicted molar refractivity (Wildman–Crippen MR) is 84.8 cm³/mol. The molecule has 0 saturated carbocycles. The predicted octanol–water partition coefficient (Wildman–Crippen LogP) is 3.33. The zero-order valence-corrected chi connectivity index (χ0v) is 12.3. The van der Waals surface area contributed by atoms with Gasteiger partial charge in [-0.2, -0.15) is 0 Å². The average molecular weight is 283 g/mol. The number of anilines is 1. The number of methoxy groups -OCH3 is 1. The zero-order valence-electron chi connectivity index (χ0n) is 12.3. The second-order valence-electron chi connectivity index (χ2n) is 5.61. The Morgan fingerprint density at radius 3 is 2.71 bits per heavy atom. The van der Waals surface area contributed by atoms with E-state index in [1.165, 1.54) is 5.56 Å². The normalized spacial score (nSPS) is 20.7. The maximum Gasteiger partial charge on any atom is 0.119 e. The van der Waals surface area contributed by atoms with Crippen molar-refractivity contribution in [3.8, 4) is 5.75 Å². The molecule has 0 spiro atoms. The third kappa shape index (κ3) is 2.61. The molecule has 0 heterocycles. The summed E-state index contributed by atoms with van der Waals surface area (Å²) in [6, 6.07) is 16.2. The number of nitrogens with one attached hydrogen (secondary N) is 1. The van der Waals surface area contributed by atoms with Gasteiger partial charge in [-0.15, -0.1) is 0 Å². The van der Waals surface area contributed by atoms with Crippen molar-refractivity contribution in [2.45, 2.75) is 24.8 Å². The van der Waals surface area contributed by atoms with Gasteiger partial charge in [0.2, 0.25) is 0 Å². The summed E-state index contributed by atoms with van der Waals surface area (Å²) in [5, 5.41) is 13.7. The first-order chi connectivity index (χ1) is 10.3. The monoisotopic (exact) mass is 283 g/mol. The Hall–Kier alpha value is -2.00. The highest BCUT2D eigenvalue weighted by Gasteiger charge is 2.36. The fourth-order valence-corrected chi connectivity index (χ4v) is 3.19. The maximum atomic E-state index is 10.1. The number of aliphatic hydroxyl groups is 1. The highest BCUT2D eigenvalue weighted by molar-refractivity contribution is 5.52. The number of benzene rings is 2. The average Bonchev–Trinajstić information content (AvgIpc) is 2.55. The summed E-state index contributed by atoms with van der Waals surface area (Å²) in [7, 11) is 1.68. The van der Waals surface area contributed by atoms with Crippen LogP contribution in [0.2, 0.25) is 0 Å². The van der Waals surface area contributed by atoms with Crippen LogP contribution in [0.4, 0.5) is 5.69 Å². The molecule has 3 nitrogen and oxygen atoms in total. The molecule has 0 aromatic heterocycles. The molecule has 1 atom stereocenters. The Kier molecular flexibility index (Phi) is 3.84. The van der Waals surface area contributed by atoms with Gasteiger partial charge in [-0.3, -0.25) is 0 Å². The minimum atomic E-state index is -0.427. The van der Waals surface area contributed by atoms with E-state index in [1.54, 1.807) is 7.11 Å². The molecule has 3 rings (SSSR count). The molecule has 0 bridgehead atoms. The van der Waals surface area contributed by atoms with E-state index >= 15 is 0 Å². The number of fused-ring (bicyclic) bond motifs is 1. The number of aryl methyl sites for hydroxylation is 1. The van der Waals surface area contributed by atoms with Crippen LogP contribution in [0.25, 0.3) is 0 Å². The minimum absolute atomic E-state index is 0.0715. The molecule has 1 aliphatic rings. The van der Waals surface area contributed by atoms with Crippen LogP contribution in [-0.4, -0.2) is 18.8 Å². The van der Waals surface area contributed by atoms with Gasteiger partial charge in [0.15, 0.2) is 0 Å². The first-order valence-electron chi connectivity index (χ1n) is 7.39. The van der Waals surface area contributed by atoms with Gasteiger partial charge in [0.1, 0.15) is 5.75 Å². The molecule has 1 aliphatic carbocycles. The molecule has 0 amide bonds. The summed E-state index contributed by atoms with van der Waals surface area (Å²) < 4.78 is 5.36. The molecule has 3 heteroatoms. The van der Waals surface area contributed by atoms with E-state index < -0.39 is 5.54 Å². The Balaban J connectivity index is 2.03. The van der Waals surface area contributed by atoms with Crippen molar-refractivity contribution < 1.29 is 9.84 Å². The van der Waals surface area contributed by atoms with Gasteiger partial charge in [0.25, 0.3) is 0 Å². The molecule has 0 aliphatic heterocycles. The minimum Gasteiger partial charge on any atom is -0.497 e. The fraction of sp³-hybridized carbons (Fsp3) is 0.333. The second kappa shape index (κ2) is 5.78. The number of hydrogen-bond donors (Lipinski definition) is 2. The molecule has 1 unspecified atom stereocenters. The van der Waals surface area contributed by atoms with E-state index in [1.807, 2.05) is 36.4 Å². The topological polar surface area (TPSA) is 41.5 Å². The zero-order chi connectivity index (χ0) is 14.7. The number of hydrogen-bond acceptors (Lipinski definition) is 3. The third-order valence-electron chi connectivity index (χ3n) is 4.31. The van der Waals surface area contributed by atoms with E-state index in [0.717, 1.165) is 36.3 Å². The van der Waals surface area contributed by atoms with Crippen molar-refractivity contribution in [1.29, 1.82) is 0 Å². The van der Waals surface area contributed by atoms with Crippen molar-refractivity contribution in [2.75, 3.05) is 19.0 Å². The second-order valence-corrected chi connectivity index (χ2v) is 5.61. The lowest BCUT2D eigenvalue weighted by Crippen LogP contribution is -2.42. The molecule has 0 saturated heterocycles. The van der Waals surface area contributed by atoms with Gasteiger partial charge in [-0.1, -0.05) is 24.3 Å². The molecular weight excluding hydrogens is 262 g/mol. The summed E-state index contributed by atoms with van der Waals surface area (Å²) in [4.78, 5) is 0. The third-order valence-corrected chi connectivity index (χ3v) is 4.31. The number of rotatable bonds is 4. The van der Waals surface area contributed by atoms with Gasteiger partial charge in [0, 0.05) is 5.69 Å². The van der Waals surface area contributed by atoms with E-state index in [0.29, 0.717) is 0 Å². The van der Waals surface area contributed by atoms with E-state index in [2.05, 4.69) is 17.4 Å². The van der Waals surface area contributed by atoms with Crippen LogP contribution in [0.1, 0.15) is 24.0 Å². The van der Waals surface area contributed by atoms with Crippen molar-refractivity contribution in [3.63, 3.8) is 0 Å². The molecular formula is C18H21NO2. The number of aliphatic hydroxyl groups excluding tert-OH is 1. The molecule has 21 heavy (non-hydrogen) atoms. The van der Waals surface area contributed by atoms with Gasteiger partial charge in [0.05, 0.1) is 19.3 Å². The van der Waals surface area contributed by atoms with Crippen molar-refractivity contribution in [1.82, 2.24) is 0 Å². The molecule has 0 fully saturated rings. The first kappa shape index (κ1) is 14.0. The molecule has 0 radical (unpaired) electrons. The van der Waals surface area contributed by atoms with Gasteiger partial charge in [-0.05, 0) is 54.7 Å². The highest BCUT2D eigenvalue weighted by Crippen LogP contribution is 2.39. The Morgan fingerprint density at radius 1 is 1.19 bits per heavy atom. The lowest BCUT2D eigenvalue weighted by atomic mass is 9.76. The summed E-state index contributed by atoms with van der Waals surface area (Å²) >= 11 is 0. The van der Waals surface area contributed by atoms with E-state index in [4.69, 9.17) is 4.74 Å². The van der Waals surface area contributed by atoms with Crippen molar-refractivity contribution >= 4 is 5.69 Å². The smallest absolute Gasteiger partial charge is 0.119 e. The molecule has 2 aromatic carbocycles. The summed E-state index contributed by atoms with van der Waals surface area (Å²) in [6.45, 7) is 0.0715. The SMILES string of the molecule is COc1ccc2c(c1)C(CO)(Nc1ccccc1)CCC2. The van der Waals surface area contributed by atoms with Crippen LogP contribution in [0, 0.1) is 0 Å². The van der Waals surface area contributed by atoms with Crippen LogP contribution < -0.4 is 10.1 Å². The molecule has 2 aromatic rings. The van der Waals surface area contributed by atoms with Gasteiger partial charge in [-0.25, -0.2) is 0 Å². The van der Waals surface area contributed by atoms with Gasteiger partial charge >= 0.3 is 0 Å². The van der Waals surface area contributed by atoms with Crippen molar-refractivity contribution in [2.24, 2.45) is 0 Å². The van der Waals surface area contributed by atoms with Crippen LogP contribution >= 0.6 is 0 Å². The lowest BCUT2D eigenvalue weighted by molar-refractivity contribution is 0.194. The maximum absolute atomic E-state index is 10.1. The Morgan fingerprint density at radius 2 is 2.00 bits per heavy atom. The largest absolute Gasteiger partial charge is 0.497 e. The van der Waals surface area contributed by atoms with Gasteiger partial charge < -0.3 is 15.2 Å². The Bertz CT molecular complexity index is 612. The summed E-state index contributed by atoms with van der Waals surface area (Å²) in [5.74, 6) is 0.836. The summed E-state index contributed by atoms with van der Waals surface area (Å²) in [6.07, 6.45) is 3.04. The van der Waals surface area contributed by atoms with Crippen LogP contribution in [0.15, 0.2) is 48.5 Å². The Labute approximate surface area is 125 Å². The quantitative estimate of drug-likeness (QED) is 0.904. The molecule has 110 valence electrons. The van der Waals surface area contributed by atoms with Crippen LogP contribution in [-0.2, 0) is 12.0 Å². The lowest BCUT2D eigenvalue weighted by Gasteiger charge is -2.39. The van der Waals surface area contributed by atoms with Crippen LogP contribution in [0.5, 0.6) is 5.75 Å². The van der Waals surface area contributed by atoms with Crippen LogP contribution in [0.3, 0.4) is 0 Å². The van der Waals surface area contributed by atoms with Crippen molar-refractivity contribution in [3.05, 3.63) is 59.7 Å². The highest BCUT2D eigenvalue weighted by atomic mass is 16.5. The summed E-state index contributed by atoms with van der Waals surface area (Å²) in [5.41, 5.74) is 3.05. The fourth-order valence-electron chi connectivity index (χ4n) is 3.19. The van der Waals surface area contributed by atoms with E-state index in [-0.39, 0.29) is 6.61 Å². The molecule has 2 N–H and O–H groups in total. The first-order valence-corrected chi connectivity index (χ1v) is 7.39. The standard InChI is InChI=1S/C18H21NO2/c1-21-16-10-9-14-6-5-11-18(13-20,17(14)12-16)19-15-7-3-2-4-8-15/h2-4,7-10,12,19-20H,5-6,11,13H2,1H3. The number of para-hydroxylation sites is 1.